The molecule has 1 N–H and O–H groups in total. The molecule has 1 aromatic heterocycles. The predicted molar refractivity (Wildman–Crippen MR) is 101 cm³/mol. The van der Waals surface area contributed by atoms with Gasteiger partial charge in [0.15, 0.2) is 14.5 Å². The van der Waals surface area contributed by atoms with Crippen LogP contribution in [0, 0.1) is 6.92 Å². The van der Waals surface area contributed by atoms with Gasteiger partial charge >= 0.3 is 5.69 Å². The number of nitrogens with zero attached hydrogens (tertiary/aromatic N) is 1. The van der Waals surface area contributed by atoms with E-state index in [9.17, 15) is 9.59 Å². The summed E-state index contributed by atoms with van der Waals surface area (Å²) >= 11 is 0. The second kappa shape index (κ2) is 6.70. The molecule has 1 fully saturated rings. The summed E-state index contributed by atoms with van der Waals surface area (Å²) in [6.45, 7) is 18.7. The van der Waals surface area contributed by atoms with E-state index >= 15 is 0 Å². The number of hydrogen-bond donors (Lipinski definition) is 1. The third-order valence-electron chi connectivity index (χ3n) is 5.36. The monoisotopic (exact) mass is 366 g/mol. The number of H-pyrrole nitrogens is 1. The molecule has 2 rings (SSSR count). The van der Waals surface area contributed by atoms with Crippen molar-refractivity contribution in [1.82, 2.24) is 9.55 Å². The number of aromatic amines is 1. The highest BCUT2D eigenvalue weighted by Crippen LogP contribution is 2.43. The molecular weight excluding hydrogens is 336 g/mol. The summed E-state index contributed by atoms with van der Waals surface area (Å²) < 4.78 is 14.1. The third kappa shape index (κ3) is 3.73. The van der Waals surface area contributed by atoms with E-state index in [1.165, 1.54) is 4.57 Å². The highest BCUT2D eigenvalue weighted by molar-refractivity contribution is 6.74. The van der Waals surface area contributed by atoms with Crippen molar-refractivity contribution >= 4 is 8.32 Å². The van der Waals surface area contributed by atoms with E-state index in [4.69, 9.17) is 9.16 Å². The first-order valence-electron chi connectivity index (χ1n) is 8.73. The van der Waals surface area contributed by atoms with Crippen LogP contribution in [-0.2, 0) is 9.16 Å². The molecule has 0 aromatic carbocycles. The first-order valence-corrected chi connectivity index (χ1v) is 11.6. The van der Waals surface area contributed by atoms with Crippen LogP contribution in [0.3, 0.4) is 0 Å². The normalized spacial score (nSPS) is 24.8. The molecule has 1 aliphatic rings. The van der Waals surface area contributed by atoms with E-state index in [1.54, 1.807) is 13.1 Å². The number of rotatable bonds is 4. The second-order valence-electron chi connectivity index (χ2n) is 8.28. The van der Waals surface area contributed by atoms with Crippen molar-refractivity contribution in [3.8, 4) is 0 Å². The molecule has 6 nitrogen and oxygen atoms in total. The van der Waals surface area contributed by atoms with E-state index in [2.05, 4.69) is 45.4 Å². The first kappa shape index (κ1) is 19.9. The van der Waals surface area contributed by atoms with Crippen LogP contribution < -0.4 is 11.2 Å². The minimum absolute atomic E-state index is 0.0218. The molecule has 1 aliphatic heterocycles. The maximum Gasteiger partial charge on any atom is 0.330 e. The Morgan fingerprint density at radius 2 is 1.96 bits per heavy atom. The minimum Gasteiger partial charge on any atom is -0.406 e. The summed E-state index contributed by atoms with van der Waals surface area (Å²) in [7, 11) is -2.10. The molecular formula is C18H30N2O4Si. The summed E-state index contributed by atoms with van der Waals surface area (Å²) in [5, 5.41) is 0.0218. The average molecular weight is 367 g/mol. The van der Waals surface area contributed by atoms with Crippen LogP contribution in [0.15, 0.2) is 27.9 Å². The van der Waals surface area contributed by atoms with Crippen LogP contribution >= 0.6 is 0 Å². The van der Waals surface area contributed by atoms with Crippen LogP contribution in [0.25, 0.3) is 0 Å². The zero-order valence-corrected chi connectivity index (χ0v) is 17.3. The minimum atomic E-state index is -2.10. The van der Waals surface area contributed by atoms with Gasteiger partial charge in [0.1, 0.15) is 6.10 Å². The summed E-state index contributed by atoms with van der Waals surface area (Å²) in [6, 6.07) is 0. The fraction of sp³-hybridized carbons (Fsp3) is 0.667. The number of aromatic nitrogens is 2. The smallest absolute Gasteiger partial charge is 0.330 e. The number of nitrogens with one attached hydrogen (secondary N) is 1. The zero-order valence-electron chi connectivity index (χ0n) is 16.3. The molecule has 3 atom stereocenters. The van der Waals surface area contributed by atoms with Crippen LogP contribution in [0.4, 0.5) is 0 Å². The first-order chi connectivity index (χ1) is 11.4. The Labute approximate surface area is 150 Å². The quantitative estimate of drug-likeness (QED) is 0.656. The summed E-state index contributed by atoms with van der Waals surface area (Å²) in [5.41, 5.74) is 0.439. The van der Waals surface area contributed by atoms with Crippen molar-refractivity contribution in [2.45, 2.75) is 77.6 Å². The Kier molecular flexibility index (Phi) is 5.33. The van der Waals surface area contributed by atoms with E-state index in [0.29, 0.717) is 5.56 Å². The average Bonchev–Trinajstić information content (AvgIpc) is 2.78. The molecule has 7 heteroatoms. The van der Waals surface area contributed by atoms with Crippen molar-refractivity contribution in [2.75, 3.05) is 0 Å². The molecule has 140 valence electrons. The van der Waals surface area contributed by atoms with Gasteiger partial charge in [-0.2, -0.15) is 0 Å². The summed E-state index contributed by atoms with van der Waals surface area (Å²) in [6.07, 6.45) is 1.10. The molecule has 0 bridgehead atoms. The Bertz CT molecular complexity index is 773. The van der Waals surface area contributed by atoms with Crippen molar-refractivity contribution < 1.29 is 9.16 Å². The standard InChI is InChI=1S/C18H30N2O4Si/c1-9-13-12(3)14(24-25(7,8)18(4,5)6)16(23-13)20-10-11(2)15(21)19-17(20)22/h10,13-14,16H,3,9H2,1-2,4-8H3,(H,19,21,22)/t13-,14+,16-/m1/s1. The van der Waals surface area contributed by atoms with Gasteiger partial charge < -0.3 is 9.16 Å². The SMILES string of the molecule is C=C1[C@@H](CC)O[C@@H](n2cc(C)c(=O)[nH]c2=O)[C@H]1O[Si](C)(C)C(C)(C)C. The molecule has 0 unspecified atom stereocenters. The van der Waals surface area contributed by atoms with Crippen LogP contribution in [0.1, 0.15) is 45.9 Å². The van der Waals surface area contributed by atoms with Crippen molar-refractivity contribution in [3.63, 3.8) is 0 Å². The van der Waals surface area contributed by atoms with Crippen LogP contribution in [-0.4, -0.2) is 30.1 Å². The molecule has 0 saturated carbocycles. The van der Waals surface area contributed by atoms with Gasteiger partial charge in [-0.1, -0.05) is 34.3 Å². The molecule has 25 heavy (non-hydrogen) atoms. The van der Waals surface area contributed by atoms with E-state index in [-0.39, 0.29) is 16.7 Å². The van der Waals surface area contributed by atoms with Crippen molar-refractivity contribution in [2.24, 2.45) is 0 Å². The van der Waals surface area contributed by atoms with Crippen molar-refractivity contribution in [1.29, 1.82) is 0 Å². The molecule has 0 spiro atoms. The Hall–Kier alpha value is -1.44. The Morgan fingerprint density at radius 3 is 2.48 bits per heavy atom. The Morgan fingerprint density at radius 1 is 1.36 bits per heavy atom. The lowest BCUT2D eigenvalue weighted by Crippen LogP contribution is -2.47. The lowest BCUT2D eigenvalue weighted by Gasteiger charge is -2.39. The van der Waals surface area contributed by atoms with Gasteiger partial charge in [0.25, 0.3) is 5.56 Å². The number of ether oxygens (including phenoxy) is 1. The van der Waals surface area contributed by atoms with Gasteiger partial charge in [-0.25, -0.2) is 4.79 Å². The zero-order chi connectivity index (χ0) is 19.2. The largest absolute Gasteiger partial charge is 0.406 e. The maximum atomic E-state index is 12.3. The lowest BCUT2D eigenvalue weighted by molar-refractivity contribution is -0.0371. The molecule has 1 saturated heterocycles. The predicted octanol–water partition coefficient (Wildman–Crippen LogP) is 3.10. The fourth-order valence-corrected chi connectivity index (χ4v) is 3.92. The molecule has 0 radical (unpaired) electrons. The topological polar surface area (TPSA) is 73.3 Å². The summed E-state index contributed by atoms with van der Waals surface area (Å²) in [4.78, 5) is 26.4. The second-order valence-corrected chi connectivity index (χ2v) is 13.0. The van der Waals surface area contributed by atoms with E-state index in [1.807, 2.05) is 6.92 Å². The highest BCUT2D eigenvalue weighted by Gasteiger charge is 2.47. The van der Waals surface area contributed by atoms with Crippen LogP contribution in [0.5, 0.6) is 0 Å². The van der Waals surface area contributed by atoms with Gasteiger partial charge in [0.2, 0.25) is 0 Å². The van der Waals surface area contributed by atoms with Gasteiger partial charge in [-0.05, 0) is 37.0 Å². The van der Waals surface area contributed by atoms with Gasteiger partial charge in [0.05, 0.1) is 6.10 Å². The van der Waals surface area contributed by atoms with Crippen molar-refractivity contribution in [3.05, 3.63) is 44.8 Å². The van der Waals surface area contributed by atoms with Gasteiger partial charge in [-0.15, -0.1) is 0 Å². The number of hydrogen-bond acceptors (Lipinski definition) is 4. The molecule has 1 aromatic rings. The summed E-state index contributed by atoms with van der Waals surface area (Å²) in [5.74, 6) is 0. The number of aryl methyl sites for hydroxylation is 1. The highest BCUT2D eigenvalue weighted by atomic mass is 28.4. The van der Waals surface area contributed by atoms with E-state index in [0.717, 1.165) is 12.0 Å². The lowest BCUT2D eigenvalue weighted by atomic mass is 10.1. The van der Waals surface area contributed by atoms with Gasteiger partial charge in [-0.3, -0.25) is 14.3 Å². The van der Waals surface area contributed by atoms with E-state index < -0.39 is 26.3 Å². The Balaban J connectivity index is 2.48. The molecule has 2 heterocycles. The van der Waals surface area contributed by atoms with Crippen LogP contribution in [0.2, 0.25) is 18.1 Å². The maximum absolute atomic E-state index is 12.3. The fourth-order valence-electron chi connectivity index (χ4n) is 2.67. The molecule has 0 amide bonds. The third-order valence-corrected chi connectivity index (χ3v) is 9.82. The van der Waals surface area contributed by atoms with Gasteiger partial charge in [0, 0.05) is 11.8 Å². The molecule has 0 aliphatic carbocycles.